The lowest BCUT2D eigenvalue weighted by molar-refractivity contribution is -0.149. The molecular weight excluding hydrogens is 667 g/mol. The van der Waals surface area contributed by atoms with Crippen LogP contribution in [0.5, 0.6) is 0 Å². The maximum atomic E-state index is 11.5. The molecule has 0 heterocycles. The average molecular weight is 758 g/mol. The standard InChI is InChI=1S/C43H91NO5Si2/c1-14-16-18-20-22-24-26-28-32-38(48-50(10,11)42(4,5)6)35-44(34-30-31-37(3)40(45)41(46)47)36-39(49-51(12,13)43(7,8)9)33-29-27-25-23-21-19-17-15-2/h37-40,45H,14-36H2,1-13H3,(H,46,47). The Bertz CT molecular complexity index is 815. The van der Waals surface area contributed by atoms with Gasteiger partial charge in [-0.2, -0.15) is 0 Å². The summed E-state index contributed by atoms with van der Waals surface area (Å²) < 4.78 is 14.5. The molecule has 4 unspecified atom stereocenters. The minimum absolute atomic E-state index is 0.141. The number of aliphatic carboxylic acids is 1. The molecule has 0 fully saturated rings. The lowest BCUT2D eigenvalue weighted by atomic mass is 9.98. The average Bonchev–Trinajstić information content (AvgIpc) is 3.01. The van der Waals surface area contributed by atoms with Crippen molar-refractivity contribution in [1.29, 1.82) is 0 Å². The van der Waals surface area contributed by atoms with E-state index in [2.05, 4.69) is 86.5 Å². The first-order chi connectivity index (χ1) is 23.7. The third-order valence-corrected chi connectivity index (χ3v) is 21.2. The Morgan fingerprint density at radius 1 is 0.588 bits per heavy atom. The summed E-state index contributed by atoms with van der Waals surface area (Å²) in [6.07, 6.45) is 23.7. The zero-order chi connectivity index (χ0) is 39.1. The summed E-state index contributed by atoms with van der Waals surface area (Å²) in [5.74, 6) is -1.40. The van der Waals surface area contributed by atoms with Crippen LogP contribution < -0.4 is 0 Å². The van der Waals surface area contributed by atoms with E-state index in [4.69, 9.17) is 8.85 Å². The quantitative estimate of drug-likeness (QED) is 0.0525. The third kappa shape index (κ3) is 23.3. The molecule has 0 rings (SSSR count). The molecular formula is C43H91NO5Si2. The molecule has 0 aromatic carbocycles. The van der Waals surface area contributed by atoms with E-state index in [9.17, 15) is 15.0 Å². The second-order valence-electron chi connectivity index (χ2n) is 19.2. The van der Waals surface area contributed by atoms with E-state index >= 15 is 0 Å². The number of carboxylic acid groups (broad SMARTS) is 1. The van der Waals surface area contributed by atoms with Crippen molar-refractivity contribution in [2.45, 2.75) is 245 Å². The number of unbranched alkanes of at least 4 members (excludes halogenated alkanes) is 14. The molecule has 0 bridgehead atoms. The number of aliphatic hydroxyl groups is 1. The molecule has 306 valence electrons. The van der Waals surface area contributed by atoms with E-state index in [-0.39, 0.29) is 28.2 Å². The first kappa shape index (κ1) is 50.7. The van der Waals surface area contributed by atoms with Gasteiger partial charge in [0.2, 0.25) is 0 Å². The van der Waals surface area contributed by atoms with Gasteiger partial charge in [0, 0.05) is 13.1 Å². The minimum atomic E-state index is -2.00. The van der Waals surface area contributed by atoms with Gasteiger partial charge in [-0.15, -0.1) is 0 Å². The molecule has 0 aromatic heterocycles. The highest BCUT2D eigenvalue weighted by atomic mass is 28.4. The summed E-state index contributed by atoms with van der Waals surface area (Å²) in [6, 6.07) is 0. The highest BCUT2D eigenvalue weighted by Crippen LogP contribution is 2.39. The second kappa shape index (κ2) is 26.5. The highest BCUT2D eigenvalue weighted by molar-refractivity contribution is 6.74. The molecule has 0 aliphatic rings. The fourth-order valence-corrected chi connectivity index (χ4v) is 9.20. The van der Waals surface area contributed by atoms with E-state index in [1.165, 1.54) is 103 Å². The minimum Gasteiger partial charge on any atom is -0.479 e. The predicted molar refractivity (Wildman–Crippen MR) is 227 cm³/mol. The highest BCUT2D eigenvalue weighted by Gasteiger charge is 2.41. The summed E-state index contributed by atoms with van der Waals surface area (Å²) in [4.78, 5) is 14.1. The summed E-state index contributed by atoms with van der Waals surface area (Å²) in [5, 5.41) is 19.9. The molecule has 0 aliphatic carbocycles. The van der Waals surface area contributed by atoms with Crippen molar-refractivity contribution in [2.24, 2.45) is 5.92 Å². The number of rotatable bonds is 32. The summed E-state index contributed by atoms with van der Waals surface area (Å²) in [6.45, 7) is 32.6. The topological polar surface area (TPSA) is 79.2 Å². The van der Waals surface area contributed by atoms with Crippen LogP contribution in [-0.4, -0.2) is 75.7 Å². The number of carbonyl (C=O) groups is 1. The van der Waals surface area contributed by atoms with Gasteiger partial charge >= 0.3 is 5.97 Å². The Hall–Kier alpha value is -0.256. The molecule has 0 aliphatic heterocycles. The third-order valence-electron chi connectivity index (χ3n) is 12.1. The Labute approximate surface area is 321 Å². The van der Waals surface area contributed by atoms with E-state index in [1.54, 1.807) is 0 Å². The zero-order valence-corrected chi connectivity index (χ0v) is 38.6. The molecule has 0 amide bonds. The Balaban J connectivity index is 6.08. The van der Waals surface area contributed by atoms with E-state index in [0.29, 0.717) is 6.42 Å². The Morgan fingerprint density at radius 2 is 0.922 bits per heavy atom. The van der Waals surface area contributed by atoms with Gasteiger partial charge in [-0.3, -0.25) is 4.90 Å². The van der Waals surface area contributed by atoms with E-state index < -0.39 is 28.7 Å². The Morgan fingerprint density at radius 3 is 1.24 bits per heavy atom. The normalized spacial score (nSPS) is 15.7. The fraction of sp³-hybridized carbons (Fsp3) is 0.977. The van der Waals surface area contributed by atoms with Gasteiger partial charge in [-0.25, -0.2) is 4.79 Å². The van der Waals surface area contributed by atoms with Crippen LogP contribution >= 0.6 is 0 Å². The van der Waals surface area contributed by atoms with Gasteiger partial charge in [-0.05, 0) is 74.4 Å². The van der Waals surface area contributed by atoms with Crippen LogP contribution in [0.1, 0.15) is 191 Å². The molecule has 6 nitrogen and oxygen atoms in total. The van der Waals surface area contributed by atoms with Crippen molar-refractivity contribution < 1.29 is 23.9 Å². The molecule has 8 heteroatoms. The summed E-state index contributed by atoms with van der Waals surface area (Å²) >= 11 is 0. The smallest absolute Gasteiger partial charge is 0.332 e. The SMILES string of the molecule is CCCCCCCCCCC(CN(CCCC(C)C(O)C(=O)O)CC(CCCCCCCCCC)O[Si](C)(C)C(C)(C)C)O[Si](C)(C)C(C)(C)C. The zero-order valence-electron chi connectivity index (χ0n) is 36.6. The first-order valence-corrected chi connectivity index (χ1v) is 27.5. The van der Waals surface area contributed by atoms with Crippen LogP contribution in [0.2, 0.25) is 36.3 Å². The molecule has 2 N–H and O–H groups in total. The van der Waals surface area contributed by atoms with Gasteiger partial charge in [0.05, 0.1) is 12.2 Å². The number of hydrogen-bond acceptors (Lipinski definition) is 5. The van der Waals surface area contributed by atoms with Crippen molar-refractivity contribution in [2.75, 3.05) is 19.6 Å². The number of carboxylic acids is 1. The molecule has 51 heavy (non-hydrogen) atoms. The van der Waals surface area contributed by atoms with Crippen molar-refractivity contribution in [3.05, 3.63) is 0 Å². The van der Waals surface area contributed by atoms with Crippen molar-refractivity contribution >= 4 is 22.6 Å². The van der Waals surface area contributed by atoms with Crippen LogP contribution in [0.15, 0.2) is 0 Å². The fourth-order valence-electron chi connectivity index (χ4n) is 6.44. The molecule has 0 spiro atoms. The lowest BCUT2D eigenvalue weighted by Gasteiger charge is -2.43. The van der Waals surface area contributed by atoms with Crippen molar-refractivity contribution in [3.63, 3.8) is 0 Å². The molecule has 0 radical (unpaired) electrons. The lowest BCUT2D eigenvalue weighted by Crippen LogP contribution is -2.50. The van der Waals surface area contributed by atoms with Crippen LogP contribution in [0, 0.1) is 5.92 Å². The van der Waals surface area contributed by atoms with Gasteiger partial charge in [0.1, 0.15) is 0 Å². The maximum absolute atomic E-state index is 11.5. The van der Waals surface area contributed by atoms with Gasteiger partial charge in [0.15, 0.2) is 22.7 Å². The molecule has 0 aromatic rings. The number of hydrogen-bond donors (Lipinski definition) is 2. The van der Waals surface area contributed by atoms with Crippen LogP contribution in [0.3, 0.4) is 0 Å². The van der Waals surface area contributed by atoms with Crippen molar-refractivity contribution in [3.8, 4) is 0 Å². The van der Waals surface area contributed by atoms with Gasteiger partial charge < -0.3 is 19.1 Å². The van der Waals surface area contributed by atoms with Crippen molar-refractivity contribution in [1.82, 2.24) is 4.90 Å². The first-order valence-electron chi connectivity index (χ1n) is 21.7. The largest absolute Gasteiger partial charge is 0.479 e. The van der Waals surface area contributed by atoms with Crippen LogP contribution in [-0.2, 0) is 13.6 Å². The van der Waals surface area contributed by atoms with E-state index in [0.717, 1.165) is 38.9 Å². The number of nitrogens with zero attached hydrogens (tertiary/aromatic N) is 1. The molecule has 4 atom stereocenters. The maximum Gasteiger partial charge on any atom is 0.332 e. The van der Waals surface area contributed by atoms with Crippen LogP contribution in [0.25, 0.3) is 0 Å². The van der Waals surface area contributed by atoms with Gasteiger partial charge in [0.25, 0.3) is 0 Å². The number of aliphatic hydroxyl groups excluding tert-OH is 1. The Kier molecular flexibility index (Phi) is 26.4. The molecule has 0 saturated heterocycles. The summed E-state index contributed by atoms with van der Waals surface area (Å²) in [5.41, 5.74) is 0. The van der Waals surface area contributed by atoms with Gasteiger partial charge in [-0.1, -0.05) is 165 Å². The predicted octanol–water partition coefficient (Wildman–Crippen LogP) is 13.0. The second-order valence-corrected chi connectivity index (χ2v) is 28.7. The monoisotopic (exact) mass is 758 g/mol. The molecule has 0 saturated carbocycles. The van der Waals surface area contributed by atoms with E-state index in [1.807, 2.05) is 6.92 Å². The van der Waals surface area contributed by atoms with Crippen LogP contribution in [0.4, 0.5) is 0 Å². The summed E-state index contributed by atoms with van der Waals surface area (Å²) in [7, 11) is -3.99.